The number of likely N-dealkylation sites (tertiary alicyclic amines) is 1. The third kappa shape index (κ3) is 4.81. The predicted octanol–water partition coefficient (Wildman–Crippen LogP) is 1.74. The molecule has 0 bridgehead atoms. The van der Waals surface area contributed by atoms with Crippen molar-refractivity contribution in [3.05, 3.63) is 35.9 Å². The number of aliphatic hydroxyl groups is 1. The first-order valence-electron chi connectivity index (χ1n) is 9.63. The van der Waals surface area contributed by atoms with Crippen LogP contribution in [0.2, 0.25) is 0 Å². The van der Waals surface area contributed by atoms with E-state index >= 15 is 0 Å². The van der Waals surface area contributed by atoms with Crippen molar-refractivity contribution in [3.8, 4) is 0 Å². The predicted molar refractivity (Wildman–Crippen MR) is 99.3 cm³/mol. The molecule has 1 amide bonds. The Morgan fingerprint density at radius 1 is 1.00 bits per heavy atom. The number of β-amino-alcohol motifs (C(OH)–C–C–N with tert-alkyl or cyclic N) is 1. The van der Waals surface area contributed by atoms with E-state index in [1.807, 2.05) is 25.1 Å². The molecule has 25 heavy (non-hydrogen) atoms. The summed E-state index contributed by atoms with van der Waals surface area (Å²) in [6.45, 7) is 7.87. The molecule has 5 nitrogen and oxygen atoms in total. The maximum Gasteiger partial charge on any atom is 0.244 e. The van der Waals surface area contributed by atoms with Gasteiger partial charge < -0.3 is 10.0 Å². The Bertz CT molecular complexity index is 535. The van der Waals surface area contributed by atoms with Gasteiger partial charge in [-0.25, -0.2) is 0 Å². The zero-order valence-electron chi connectivity index (χ0n) is 15.3. The first kappa shape index (κ1) is 18.4. The molecule has 2 heterocycles. The van der Waals surface area contributed by atoms with E-state index in [0.717, 1.165) is 57.7 Å². The molecular weight excluding hydrogens is 314 g/mol. The number of hydrogen-bond donors (Lipinski definition) is 1. The molecule has 2 unspecified atom stereocenters. The van der Waals surface area contributed by atoms with Gasteiger partial charge in [-0.15, -0.1) is 0 Å². The Balaban J connectivity index is 1.72. The van der Waals surface area contributed by atoms with Crippen molar-refractivity contribution < 1.29 is 9.90 Å². The lowest BCUT2D eigenvalue weighted by Gasteiger charge is -2.41. The van der Waals surface area contributed by atoms with Crippen LogP contribution in [0.1, 0.15) is 37.8 Å². The van der Waals surface area contributed by atoms with Crippen molar-refractivity contribution in [1.29, 1.82) is 0 Å². The Kier molecular flexibility index (Phi) is 6.45. The van der Waals surface area contributed by atoms with Gasteiger partial charge >= 0.3 is 0 Å². The van der Waals surface area contributed by atoms with Crippen LogP contribution < -0.4 is 0 Å². The van der Waals surface area contributed by atoms with E-state index in [0.29, 0.717) is 6.54 Å². The number of rotatable bonds is 5. The normalized spacial score (nSPS) is 22.6. The van der Waals surface area contributed by atoms with Gasteiger partial charge in [0.05, 0.1) is 6.10 Å². The molecule has 2 saturated heterocycles. The van der Waals surface area contributed by atoms with Crippen molar-refractivity contribution in [2.45, 2.75) is 38.3 Å². The number of amides is 1. The molecule has 3 rings (SSSR count). The second-order valence-electron chi connectivity index (χ2n) is 7.38. The second-order valence-corrected chi connectivity index (χ2v) is 7.38. The zero-order chi connectivity index (χ0) is 17.6. The van der Waals surface area contributed by atoms with Crippen molar-refractivity contribution in [2.24, 2.45) is 0 Å². The fraction of sp³-hybridized carbons (Fsp3) is 0.650. The summed E-state index contributed by atoms with van der Waals surface area (Å²) < 4.78 is 0. The van der Waals surface area contributed by atoms with Gasteiger partial charge in [0.25, 0.3) is 0 Å². The third-order valence-corrected chi connectivity index (χ3v) is 5.31. The largest absolute Gasteiger partial charge is 0.392 e. The lowest BCUT2D eigenvalue weighted by Crippen LogP contribution is -2.53. The van der Waals surface area contributed by atoms with E-state index in [1.54, 1.807) is 0 Å². The number of piperazine rings is 1. The summed E-state index contributed by atoms with van der Waals surface area (Å²) in [5.41, 5.74) is 1.10. The summed E-state index contributed by atoms with van der Waals surface area (Å²) in [4.78, 5) is 20.0. The van der Waals surface area contributed by atoms with Gasteiger partial charge in [0.1, 0.15) is 6.04 Å². The van der Waals surface area contributed by atoms with E-state index in [9.17, 15) is 9.90 Å². The molecule has 1 N–H and O–H groups in total. The molecular formula is C20H31N3O2. The molecule has 2 atom stereocenters. The monoisotopic (exact) mass is 345 g/mol. The van der Waals surface area contributed by atoms with Gasteiger partial charge in [0.2, 0.25) is 5.91 Å². The van der Waals surface area contributed by atoms with Crippen LogP contribution >= 0.6 is 0 Å². The zero-order valence-corrected chi connectivity index (χ0v) is 15.3. The number of benzene rings is 1. The third-order valence-electron chi connectivity index (χ3n) is 5.31. The van der Waals surface area contributed by atoms with Crippen LogP contribution in [-0.4, -0.2) is 77.6 Å². The fourth-order valence-electron chi connectivity index (χ4n) is 4.01. The highest BCUT2D eigenvalue weighted by atomic mass is 16.3. The Labute approximate surface area is 151 Å². The highest BCUT2D eigenvalue weighted by Gasteiger charge is 2.33. The van der Waals surface area contributed by atoms with Crippen LogP contribution in [0.4, 0.5) is 0 Å². The maximum absolute atomic E-state index is 13.3. The van der Waals surface area contributed by atoms with Crippen LogP contribution in [0.3, 0.4) is 0 Å². The van der Waals surface area contributed by atoms with Gasteiger partial charge in [0.15, 0.2) is 0 Å². The SMILES string of the molecule is CC(O)CN1CCN(C(C(=O)N2CCCCC2)c2ccccc2)CC1. The molecule has 0 spiro atoms. The van der Waals surface area contributed by atoms with Crippen LogP contribution in [0.5, 0.6) is 0 Å². The summed E-state index contributed by atoms with van der Waals surface area (Å²) in [7, 11) is 0. The quantitative estimate of drug-likeness (QED) is 0.883. The average molecular weight is 345 g/mol. The minimum atomic E-state index is -0.300. The Morgan fingerprint density at radius 2 is 1.64 bits per heavy atom. The first-order valence-corrected chi connectivity index (χ1v) is 9.63. The summed E-state index contributed by atoms with van der Waals surface area (Å²) >= 11 is 0. The van der Waals surface area contributed by atoms with Crippen molar-refractivity contribution in [2.75, 3.05) is 45.8 Å². The maximum atomic E-state index is 13.3. The molecule has 138 valence electrons. The minimum Gasteiger partial charge on any atom is -0.392 e. The molecule has 2 aliphatic rings. The molecule has 1 aromatic rings. The smallest absolute Gasteiger partial charge is 0.244 e. The van der Waals surface area contributed by atoms with Crippen molar-refractivity contribution >= 4 is 5.91 Å². The van der Waals surface area contributed by atoms with Gasteiger partial charge in [-0.2, -0.15) is 0 Å². The average Bonchev–Trinajstić information content (AvgIpc) is 2.64. The number of hydrogen-bond acceptors (Lipinski definition) is 4. The molecule has 0 aromatic heterocycles. The number of carbonyl (C=O) groups is 1. The van der Waals surface area contributed by atoms with E-state index in [1.165, 1.54) is 6.42 Å². The Hall–Kier alpha value is -1.43. The Morgan fingerprint density at radius 3 is 2.24 bits per heavy atom. The first-order chi connectivity index (χ1) is 12.1. The van der Waals surface area contributed by atoms with Crippen LogP contribution in [0.25, 0.3) is 0 Å². The number of piperidine rings is 1. The lowest BCUT2D eigenvalue weighted by atomic mass is 10.0. The van der Waals surface area contributed by atoms with E-state index in [2.05, 4.69) is 26.8 Å². The molecule has 0 saturated carbocycles. The van der Waals surface area contributed by atoms with Gasteiger partial charge in [-0.05, 0) is 31.7 Å². The van der Waals surface area contributed by atoms with E-state index in [-0.39, 0.29) is 18.1 Å². The fourth-order valence-corrected chi connectivity index (χ4v) is 4.01. The highest BCUT2D eigenvalue weighted by molar-refractivity contribution is 5.83. The van der Waals surface area contributed by atoms with Gasteiger partial charge in [0, 0.05) is 45.8 Å². The van der Waals surface area contributed by atoms with Crippen LogP contribution in [-0.2, 0) is 4.79 Å². The molecule has 2 aliphatic heterocycles. The summed E-state index contributed by atoms with van der Waals surface area (Å²) in [5.74, 6) is 0.259. The summed E-state index contributed by atoms with van der Waals surface area (Å²) in [5, 5.41) is 9.60. The lowest BCUT2D eigenvalue weighted by molar-refractivity contribution is -0.139. The van der Waals surface area contributed by atoms with E-state index in [4.69, 9.17) is 0 Å². The molecule has 5 heteroatoms. The number of aliphatic hydroxyl groups excluding tert-OH is 1. The molecule has 2 fully saturated rings. The van der Waals surface area contributed by atoms with Gasteiger partial charge in [-0.1, -0.05) is 30.3 Å². The number of carbonyl (C=O) groups excluding carboxylic acids is 1. The van der Waals surface area contributed by atoms with Crippen LogP contribution in [0.15, 0.2) is 30.3 Å². The highest BCUT2D eigenvalue weighted by Crippen LogP contribution is 2.26. The topological polar surface area (TPSA) is 47.0 Å². The summed E-state index contributed by atoms with van der Waals surface area (Å²) in [6, 6.07) is 10.0. The van der Waals surface area contributed by atoms with Gasteiger partial charge in [-0.3, -0.25) is 14.6 Å². The van der Waals surface area contributed by atoms with Crippen LogP contribution in [0, 0.1) is 0 Å². The van der Waals surface area contributed by atoms with Crippen molar-refractivity contribution in [3.63, 3.8) is 0 Å². The molecule has 1 aromatic carbocycles. The van der Waals surface area contributed by atoms with E-state index < -0.39 is 0 Å². The number of nitrogens with zero attached hydrogens (tertiary/aromatic N) is 3. The minimum absolute atomic E-state index is 0.173. The summed E-state index contributed by atoms with van der Waals surface area (Å²) in [6.07, 6.45) is 3.18. The second kappa shape index (κ2) is 8.79. The molecule has 0 aliphatic carbocycles. The van der Waals surface area contributed by atoms with Crippen molar-refractivity contribution in [1.82, 2.24) is 14.7 Å². The standard InChI is InChI=1S/C20H31N3O2/c1-17(24)16-21-12-14-22(15-13-21)19(18-8-4-2-5-9-18)20(25)23-10-6-3-7-11-23/h2,4-5,8-9,17,19,24H,3,6-7,10-16H2,1H3. The molecule has 0 radical (unpaired) electrons.